The average molecular weight is 252 g/mol. The Morgan fingerprint density at radius 1 is 1.58 bits per heavy atom. The van der Waals surface area contributed by atoms with Crippen LogP contribution in [0.15, 0.2) is 27.8 Å². The van der Waals surface area contributed by atoms with E-state index in [9.17, 15) is 4.39 Å². The smallest absolute Gasteiger partial charge is 0.176 e. The lowest BCUT2D eigenvalue weighted by Crippen LogP contribution is -1.92. The van der Waals surface area contributed by atoms with Gasteiger partial charge < -0.3 is 5.21 Å². The number of oxime groups is 1. The fourth-order valence-corrected chi connectivity index (χ4v) is 1.53. The van der Waals surface area contributed by atoms with E-state index in [1.165, 1.54) is 18.2 Å². The van der Waals surface area contributed by atoms with E-state index in [4.69, 9.17) is 16.8 Å². The zero-order chi connectivity index (χ0) is 9.14. The largest absolute Gasteiger partial charge is 0.410 e. The number of nitrogens with zero attached hydrogens (tertiary/aromatic N) is 1. The molecule has 0 saturated heterocycles. The number of hydrogen-bond acceptors (Lipinski definition) is 2. The summed E-state index contributed by atoms with van der Waals surface area (Å²) in [6, 6.07) is 3.89. The minimum absolute atomic E-state index is 0.0816. The van der Waals surface area contributed by atoms with Crippen LogP contribution in [0.4, 0.5) is 4.39 Å². The molecule has 5 heteroatoms. The van der Waals surface area contributed by atoms with Crippen LogP contribution in [0.1, 0.15) is 5.56 Å². The average Bonchev–Trinajstić information content (AvgIpc) is 2.03. The van der Waals surface area contributed by atoms with E-state index in [0.717, 1.165) is 0 Å². The van der Waals surface area contributed by atoms with Crippen LogP contribution >= 0.6 is 27.5 Å². The zero-order valence-corrected chi connectivity index (χ0v) is 8.10. The minimum atomic E-state index is -0.381. The van der Waals surface area contributed by atoms with Crippen LogP contribution in [0.5, 0.6) is 0 Å². The molecular formula is C7H4BrClFNO. The quantitative estimate of drug-likeness (QED) is 0.465. The molecular weight excluding hydrogens is 248 g/mol. The third-order valence-corrected chi connectivity index (χ3v) is 2.18. The molecule has 0 aliphatic rings. The normalized spacial score (nSPS) is 11.8. The Labute approximate surface area is 81.8 Å². The molecule has 12 heavy (non-hydrogen) atoms. The number of benzene rings is 1. The van der Waals surface area contributed by atoms with Crippen molar-refractivity contribution in [3.63, 3.8) is 0 Å². The number of rotatable bonds is 1. The molecule has 0 fully saturated rings. The summed E-state index contributed by atoms with van der Waals surface area (Å²) >= 11 is 8.57. The molecule has 0 unspecified atom stereocenters. The van der Waals surface area contributed by atoms with Gasteiger partial charge in [0.15, 0.2) is 5.17 Å². The van der Waals surface area contributed by atoms with E-state index < -0.39 is 0 Å². The first-order chi connectivity index (χ1) is 5.65. The van der Waals surface area contributed by atoms with Gasteiger partial charge in [0.05, 0.1) is 0 Å². The number of hydrogen-bond donors (Lipinski definition) is 1. The Balaban J connectivity index is 3.18. The van der Waals surface area contributed by atoms with E-state index in [1.807, 2.05) is 0 Å². The van der Waals surface area contributed by atoms with Crippen LogP contribution in [0.25, 0.3) is 0 Å². The topological polar surface area (TPSA) is 32.6 Å². The molecule has 64 valence electrons. The summed E-state index contributed by atoms with van der Waals surface area (Å²) in [5, 5.41) is 11.0. The fraction of sp³-hybridized carbons (Fsp3) is 0. The van der Waals surface area contributed by atoms with Gasteiger partial charge in [-0.05, 0) is 34.1 Å². The summed E-state index contributed by atoms with van der Waals surface area (Å²) in [6.45, 7) is 0. The van der Waals surface area contributed by atoms with E-state index >= 15 is 0 Å². The maximum Gasteiger partial charge on any atom is 0.176 e. The third kappa shape index (κ3) is 1.95. The van der Waals surface area contributed by atoms with Gasteiger partial charge in [0.25, 0.3) is 0 Å². The van der Waals surface area contributed by atoms with Gasteiger partial charge in [-0.25, -0.2) is 4.39 Å². The lowest BCUT2D eigenvalue weighted by molar-refractivity contribution is 0.321. The van der Waals surface area contributed by atoms with E-state index in [1.54, 1.807) is 0 Å². The monoisotopic (exact) mass is 251 g/mol. The summed E-state index contributed by atoms with van der Waals surface area (Å²) in [4.78, 5) is 0. The van der Waals surface area contributed by atoms with Gasteiger partial charge in [0, 0.05) is 10.0 Å². The highest BCUT2D eigenvalue weighted by Gasteiger charge is 2.06. The molecule has 0 aliphatic heterocycles. The van der Waals surface area contributed by atoms with Crippen molar-refractivity contribution in [1.29, 1.82) is 0 Å². The van der Waals surface area contributed by atoms with Gasteiger partial charge in [-0.15, -0.1) is 0 Å². The summed E-state index contributed by atoms with van der Waals surface area (Å²) in [5.74, 6) is -0.381. The molecule has 0 saturated carbocycles. The van der Waals surface area contributed by atoms with Crippen molar-refractivity contribution in [2.45, 2.75) is 0 Å². The molecule has 1 N–H and O–H groups in total. The van der Waals surface area contributed by atoms with Crippen molar-refractivity contribution in [3.8, 4) is 0 Å². The van der Waals surface area contributed by atoms with Crippen LogP contribution in [0.2, 0.25) is 0 Å². The van der Waals surface area contributed by atoms with Gasteiger partial charge in [-0.3, -0.25) is 0 Å². The van der Waals surface area contributed by atoms with Gasteiger partial charge in [-0.2, -0.15) is 0 Å². The Morgan fingerprint density at radius 3 is 2.75 bits per heavy atom. The van der Waals surface area contributed by atoms with Crippen LogP contribution in [-0.4, -0.2) is 10.4 Å². The van der Waals surface area contributed by atoms with E-state index in [0.29, 0.717) is 10.0 Å². The fourth-order valence-electron chi connectivity index (χ4n) is 0.711. The summed E-state index contributed by atoms with van der Waals surface area (Å²) < 4.78 is 13.0. The molecule has 0 spiro atoms. The molecule has 0 heterocycles. The lowest BCUT2D eigenvalue weighted by Gasteiger charge is -1.99. The van der Waals surface area contributed by atoms with Crippen LogP contribution < -0.4 is 0 Å². The summed E-state index contributed by atoms with van der Waals surface area (Å²) in [5.41, 5.74) is 0.445. The van der Waals surface area contributed by atoms with Crippen LogP contribution in [0, 0.1) is 5.82 Å². The van der Waals surface area contributed by atoms with Crippen molar-refractivity contribution in [2.24, 2.45) is 5.16 Å². The van der Waals surface area contributed by atoms with Gasteiger partial charge in [-0.1, -0.05) is 16.8 Å². The highest BCUT2D eigenvalue weighted by Crippen LogP contribution is 2.19. The first-order valence-corrected chi connectivity index (χ1v) is 4.15. The van der Waals surface area contributed by atoms with Crippen LogP contribution in [-0.2, 0) is 0 Å². The molecule has 0 amide bonds. The van der Waals surface area contributed by atoms with E-state index in [-0.39, 0.29) is 11.0 Å². The van der Waals surface area contributed by atoms with Crippen molar-refractivity contribution in [1.82, 2.24) is 0 Å². The first-order valence-electron chi connectivity index (χ1n) is 2.98. The highest BCUT2D eigenvalue weighted by molar-refractivity contribution is 9.10. The van der Waals surface area contributed by atoms with Crippen molar-refractivity contribution in [2.75, 3.05) is 0 Å². The predicted octanol–water partition coefficient (Wildman–Crippen LogP) is 2.96. The molecule has 0 bridgehead atoms. The summed E-state index contributed by atoms with van der Waals surface area (Å²) in [7, 11) is 0. The van der Waals surface area contributed by atoms with E-state index in [2.05, 4.69) is 21.1 Å². The second-order valence-electron chi connectivity index (χ2n) is 2.01. The highest BCUT2D eigenvalue weighted by atomic mass is 79.9. The van der Waals surface area contributed by atoms with Gasteiger partial charge in [0.1, 0.15) is 5.82 Å². The maximum atomic E-state index is 12.5. The van der Waals surface area contributed by atoms with Gasteiger partial charge in [0.2, 0.25) is 0 Å². The third-order valence-electron chi connectivity index (χ3n) is 1.24. The molecule has 0 aromatic heterocycles. The van der Waals surface area contributed by atoms with Crippen molar-refractivity contribution < 1.29 is 9.60 Å². The molecule has 1 aromatic carbocycles. The Kier molecular flexibility index (Phi) is 3.05. The second-order valence-corrected chi connectivity index (χ2v) is 3.23. The predicted molar refractivity (Wildman–Crippen MR) is 48.3 cm³/mol. The Bertz CT molecular complexity index is 329. The standard InChI is InChI=1S/C7H4BrClFNO/c8-6-3-4(10)1-2-5(6)7(9)11-12/h1-3,12H/b11-7-. The zero-order valence-electron chi connectivity index (χ0n) is 5.76. The molecule has 0 atom stereocenters. The molecule has 0 radical (unpaired) electrons. The number of halogens is 3. The van der Waals surface area contributed by atoms with Crippen molar-refractivity contribution >= 4 is 32.7 Å². The Hall–Kier alpha value is -0.610. The maximum absolute atomic E-state index is 12.5. The molecule has 1 rings (SSSR count). The Morgan fingerprint density at radius 2 is 2.25 bits per heavy atom. The summed E-state index contributed by atoms with van der Waals surface area (Å²) in [6.07, 6.45) is 0. The minimum Gasteiger partial charge on any atom is -0.410 e. The molecule has 0 aliphatic carbocycles. The van der Waals surface area contributed by atoms with Gasteiger partial charge >= 0.3 is 0 Å². The molecule has 1 aromatic rings. The van der Waals surface area contributed by atoms with Crippen molar-refractivity contribution in [3.05, 3.63) is 34.1 Å². The molecule has 2 nitrogen and oxygen atoms in total. The second kappa shape index (κ2) is 3.87. The van der Waals surface area contributed by atoms with Crippen LogP contribution in [0.3, 0.4) is 0 Å². The SMILES string of the molecule is O/N=C(\Cl)c1ccc(F)cc1Br. The lowest BCUT2D eigenvalue weighted by atomic mass is 10.2. The first kappa shape index (κ1) is 9.48.